The Kier molecular flexibility index (Phi) is 12.0. The molecule has 0 bridgehead atoms. The van der Waals surface area contributed by atoms with Crippen LogP contribution in [-0.2, 0) is 9.59 Å². The first-order valence-corrected chi connectivity index (χ1v) is 11.2. The minimum absolute atomic E-state index is 0.0965. The monoisotopic (exact) mass is 439 g/mol. The summed E-state index contributed by atoms with van der Waals surface area (Å²) >= 11 is 0. The molecule has 2 heterocycles. The van der Waals surface area contributed by atoms with Crippen molar-refractivity contribution in [3.63, 3.8) is 0 Å². The molecule has 0 spiro atoms. The van der Waals surface area contributed by atoms with Crippen LogP contribution < -0.4 is 5.32 Å². The van der Waals surface area contributed by atoms with E-state index in [0.29, 0.717) is 11.8 Å². The van der Waals surface area contributed by atoms with Gasteiger partial charge in [-0.3, -0.25) is 0 Å². The van der Waals surface area contributed by atoms with Gasteiger partial charge in [0.15, 0.2) is 0 Å². The van der Waals surface area contributed by atoms with Crippen LogP contribution in [0.2, 0.25) is 0 Å². The molecule has 6 nitrogen and oxygen atoms in total. The Morgan fingerprint density at radius 3 is 2.25 bits per heavy atom. The molecule has 6 heteroatoms. The molecule has 2 aromatic heterocycles. The third-order valence-corrected chi connectivity index (χ3v) is 5.11. The van der Waals surface area contributed by atoms with Crippen molar-refractivity contribution in [1.29, 1.82) is 0 Å². The molecule has 0 amide bonds. The summed E-state index contributed by atoms with van der Waals surface area (Å²) in [6, 6.07) is 12.9. The van der Waals surface area contributed by atoms with Gasteiger partial charge in [-0.15, -0.1) is 0 Å². The van der Waals surface area contributed by atoms with E-state index in [9.17, 15) is 5.11 Å². The number of rotatable bonds is 7. The second kappa shape index (κ2) is 14.1. The summed E-state index contributed by atoms with van der Waals surface area (Å²) in [4.78, 5) is 24.0. The number of nitrogens with zero attached hydrogens (tertiary/aromatic N) is 1. The van der Waals surface area contributed by atoms with Crippen LogP contribution in [0.15, 0.2) is 42.6 Å². The molecule has 1 unspecified atom stereocenters. The molecule has 3 aromatic rings. The van der Waals surface area contributed by atoms with E-state index >= 15 is 0 Å². The minimum atomic E-state index is 0.0965. The number of H-pyrrole nitrogens is 1. The Morgan fingerprint density at radius 1 is 1.09 bits per heavy atom. The number of aromatic amines is 1. The van der Waals surface area contributed by atoms with E-state index in [4.69, 9.17) is 9.59 Å². The molecule has 0 radical (unpaired) electrons. The van der Waals surface area contributed by atoms with Crippen molar-refractivity contribution in [2.24, 2.45) is 5.92 Å². The van der Waals surface area contributed by atoms with E-state index in [1.807, 2.05) is 33.6 Å². The number of anilines is 1. The van der Waals surface area contributed by atoms with E-state index in [2.05, 4.69) is 65.5 Å². The largest absolute Gasteiger partial charge is 0.394 e. The van der Waals surface area contributed by atoms with Crippen molar-refractivity contribution in [1.82, 2.24) is 9.97 Å². The molecule has 174 valence electrons. The highest BCUT2D eigenvalue weighted by molar-refractivity contribution is 5.93. The summed E-state index contributed by atoms with van der Waals surface area (Å²) in [5.41, 5.74) is 5.74. The molecule has 32 heavy (non-hydrogen) atoms. The van der Waals surface area contributed by atoms with E-state index in [0.717, 1.165) is 17.8 Å². The molecular formula is C26H37N3O3. The van der Waals surface area contributed by atoms with Crippen LogP contribution in [0.1, 0.15) is 58.6 Å². The third-order valence-electron chi connectivity index (χ3n) is 5.11. The number of aliphatic hydroxyl groups excluding tert-OH is 1. The first kappa shape index (κ1) is 27.0. The summed E-state index contributed by atoms with van der Waals surface area (Å²) < 4.78 is 0. The van der Waals surface area contributed by atoms with Gasteiger partial charge in [-0.25, -0.2) is 4.98 Å². The number of aliphatic hydroxyl groups is 1. The van der Waals surface area contributed by atoms with E-state index < -0.39 is 0 Å². The SMILES string of the molecule is C=O.C=O.CC.CC(C)CC(CO)Nc1ccc(-c2ccnc3[nH]c(C4CC4)cc23)cc1. The maximum atomic E-state index is 9.57. The topological polar surface area (TPSA) is 95.1 Å². The number of benzene rings is 1. The van der Waals surface area contributed by atoms with Crippen molar-refractivity contribution in [2.45, 2.75) is 58.9 Å². The highest BCUT2D eigenvalue weighted by Gasteiger charge is 2.25. The van der Waals surface area contributed by atoms with E-state index in [1.165, 1.54) is 35.0 Å². The van der Waals surface area contributed by atoms with Gasteiger partial charge in [0.1, 0.15) is 19.2 Å². The Balaban J connectivity index is 0.000000789. The number of carbonyl (C=O) groups excluding carboxylic acids is 2. The fourth-order valence-corrected chi connectivity index (χ4v) is 3.64. The molecule has 1 aromatic carbocycles. The Labute approximate surface area is 191 Å². The van der Waals surface area contributed by atoms with Gasteiger partial charge in [0.05, 0.1) is 6.61 Å². The fourth-order valence-electron chi connectivity index (χ4n) is 3.64. The van der Waals surface area contributed by atoms with Gasteiger partial charge in [0.2, 0.25) is 0 Å². The Morgan fingerprint density at radius 2 is 1.72 bits per heavy atom. The first-order chi connectivity index (χ1) is 15.6. The number of fused-ring (bicyclic) bond motifs is 1. The van der Waals surface area contributed by atoms with Crippen LogP contribution in [0.4, 0.5) is 5.69 Å². The number of aromatic nitrogens is 2. The highest BCUT2D eigenvalue weighted by atomic mass is 16.3. The second-order valence-corrected chi connectivity index (χ2v) is 7.85. The molecule has 1 aliphatic carbocycles. The van der Waals surface area contributed by atoms with Gasteiger partial charge in [0.25, 0.3) is 0 Å². The number of pyridine rings is 1. The fraction of sp³-hybridized carbons (Fsp3) is 0.423. The average Bonchev–Trinajstić information content (AvgIpc) is 3.61. The van der Waals surface area contributed by atoms with Crippen LogP contribution in [0, 0.1) is 5.92 Å². The standard InChI is InChI=1S/C22H27N3O.C2H6.2CH2O/c1-14(2)11-18(13-26)24-17-7-5-15(6-8-17)19-9-10-23-22-20(19)12-21(25-22)16-3-4-16;3*1-2/h5-10,12,14,16,18,24,26H,3-4,11,13H2,1-2H3,(H,23,25);1-2H3;2*1H2. The van der Waals surface area contributed by atoms with Gasteiger partial charge < -0.3 is 25.0 Å². The summed E-state index contributed by atoms with van der Waals surface area (Å²) in [5, 5.41) is 14.2. The molecule has 1 fully saturated rings. The van der Waals surface area contributed by atoms with Crippen LogP contribution in [0.5, 0.6) is 0 Å². The van der Waals surface area contributed by atoms with Crippen molar-refractivity contribution in [3.05, 3.63) is 48.3 Å². The lowest BCUT2D eigenvalue weighted by Gasteiger charge is -2.19. The maximum absolute atomic E-state index is 9.57. The number of hydrogen-bond acceptors (Lipinski definition) is 5. The predicted molar refractivity (Wildman–Crippen MR) is 133 cm³/mol. The van der Waals surface area contributed by atoms with Crippen molar-refractivity contribution < 1.29 is 14.7 Å². The van der Waals surface area contributed by atoms with Gasteiger partial charge in [-0.1, -0.05) is 39.8 Å². The molecule has 0 aliphatic heterocycles. The quantitative estimate of drug-likeness (QED) is 0.446. The Bertz CT molecular complexity index is 916. The van der Waals surface area contributed by atoms with Crippen molar-refractivity contribution in [2.75, 3.05) is 11.9 Å². The minimum Gasteiger partial charge on any atom is -0.394 e. The van der Waals surface area contributed by atoms with E-state index in [1.54, 1.807) is 0 Å². The molecular weight excluding hydrogens is 402 g/mol. The van der Waals surface area contributed by atoms with Crippen LogP contribution in [-0.4, -0.2) is 41.3 Å². The predicted octanol–water partition coefficient (Wildman–Crippen LogP) is 5.58. The van der Waals surface area contributed by atoms with Gasteiger partial charge in [-0.2, -0.15) is 0 Å². The van der Waals surface area contributed by atoms with Gasteiger partial charge >= 0.3 is 0 Å². The average molecular weight is 440 g/mol. The molecule has 1 saturated carbocycles. The summed E-state index contributed by atoms with van der Waals surface area (Å²) in [5.74, 6) is 1.25. The summed E-state index contributed by atoms with van der Waals surface area (Å²) in [6.07, 6.45) is 5.40. The van der Waals surface area contributed by atoms with Crippen LogP contribution >= 0.6 is 0 Å². The lowest BCUT2D eigenvalue weighted by atomic mass is 10.0. The normalized spacial score (nSPS) is 13.1. The second-order valence-electron chi connectivity index (χ2n) is 7.85. The Hall–Kier alpha value is -2.99. The molecule has 0 saturated heterocycles. The van der Waals surface area contributed by atoms with E-state index in [-0.39, 0.29) is 12.6 Å². The van der Waals surface area contributed by atoms with Gasteiger partial charge in [0, 0.05) is 29.0 Å². The van der Waals surface area contributed by atoms with Crippen molar-refractivity contribution in [3.8, 4) is 11.1 Å². The molecule has 3 N–H and O–H groups in total. The third kappa shape index (κ3) is 7.31. The molecule has 1 aliphatic rings. The maximum Gasteiger partial charge on any atom is 0.138 e. The lowest BCUT2D eigenvalue weighted by Crippen LogP contribution is -2.25. The van der Waals surface area contributed by atoms with Crippen LogP contribution in [0.25, 0.3) is 22.2 Å². The summed E-state index contributed by atoms with van der Waals surface area (Å²) in [6.45, 7) is 12.5. The zero-order valence-electron chi connectivity index (χ0n) is 19.7. The zero-order valence-corrected chi connectivity index (χ0v) is 19.7. The smallest absolute Gasteiger partial charge is 0.138 e. The highest BCUT2D eigenvalue weighted by Crippen LogP contribution is 2.41. The number of nitrogens with one attached hydrogen (secondary N) is 2. The van der Waals surface area contributed by atoms with Gasteiger partial charge in [-0.05, 0) is 66.5 Å². The molecule has 4 rings (SSSR count). The molecule has 1 atom stereocenters. The van der Waals surface area contributed by atoms with Crippen molar-refractivity contribution >= 4 is 30.3 Å². The summed E-state index contributed by atoms with van der Waals surface area (Å²) in [7, 11) is 0. The van der Waals surface area contributed by atoms with Crippen LogP contribution in [0.3, 0.4) is 0 Å². The zero-order chi connectivity index (χ0) is 24.1. The number of hydrogen-bond donors (Lipinski definition) is 3. The first-order valence-electron chi connectivity index (χ1n) is 11.2. The lowest BCUT2D eigenvalue weighted by molar-refractivity contribution is -0.0987. The number of carbonyl (C=O) groups is 2.